The number of hydrazine groups is 1. The molecule has 19 heavy (non-hydrogen) atoms. The fourth-order valence-electron chi connectivity index (χ4n) is 2.44. The molecule has 1 fully saturated rings. The first-order chi connectivity index (χ1) is 9.24. The number of hydrogen-bond acceptors (Lipinski definition) is 3. The number of hydrogen-bond donors (Lipinski definition) is 2. The number of likely N-dealkylation sites (N-methyl/N-ethyl adjacent to an activating group) is 1. The van der Waals surface area contributed by atoms with Crippen molar-refractivity contribution in [3.05, 3.63) is 35.0 Å². The topological polar surface area (TPSA) is 34.3 Å². The van der Waals surface area contributed by atoms with Gasteiger partial charge in [-0.1, -0.05) is 29.8 Å². The van der Waals surface area contributed by atoms with Crippen molar-refractivity contribution in [1.29, 1.82) is 0 Å². The smallest absolute Gasteiger partial charge is 0.0705 e. The Labute approximate surface area is 118 Å². The van der Waals surface area contributed by atoms with Crippen LogP contribution in [0.15, 0.2) is 24.3 Å². The zero-order valence-electron chi connectivity index (χ0n) is 11.1. The summed E-state index contributed by atoms with van der Waals surface area (Å²) in [4.78, 5) is 5.72. The Hall–Kier alpha value is -1.07. The van der Waals surface area contributed by atoms with Gasteiger partial charge in [0.25, 0.3) is 0 Å². The Morgan fingerprint density at radius 3 is 2.68 bits per heavy atom. The van der Waals surface area contributed by atoms with Crippen molar-refractivity contribution in [2.45, 2.75) is 6.54 Å². The van der Waals surface area contributed by atoms with E-state index in [0.29, 0.717) is 0 Å². The van der Waals surface area contributed by atoms with Gasteiger partial charge in [0.2, 0.25) is 0 Å². The van der Waals surface area contributed by atoms with E-state index < -0.39 is 0 Å². The maximum atomic E-state index is 6.40. The summed E-state index contributed by atoms with van der Waals surface area (Å²) >= 11 is 6.40. The summed E-state index contributed by atoms with van der Waals surface area (Å²) < 4.78 is 0. The first-order valence-electron chi connectivity index (χ1n) is 6.66. The van der Waals surface area contributed by atoms with Crippen LogP contribution in [0.25, 0.3) is 10.9 Å². The van der Waals surface area contributed by atoms with Crippen LogP contribution in [0.4, 0.5) is 0 Å². The number of benzene rings is 1. The van der Waals surface area contributed by atoms with Crippen molar-refractivity contribution in [3.63, 3.8) is 0 Å². The van der Waals surface area contributed by atoms with Gasteiger partial charge in [0, 0.05) is 37.1 Å². The molecule has 0 atom stereocenters. The van der Waals surface area contributed by atoms with Gasteiger partial charge in [0.1, 0.15) is 0 Å². The monoisotopic (exact) mass is 278 g/mol. The van der Waals surface area contributed by atoms with Crippen LogP contribution < -0.4 is 5.43 Å². The molecule has 1 aliphatic rings. The third-order valence-electron chi connectivity index (χ3n) is 3.70. The lowest BCUT2D eigenvalue weighted by atomic mass is 10.2. The number of nitrogens with zero attached hydrogens (tertiary/aromatic N) is 2. The van der Waals surface area contributed by atoms with Crippen molar-refractivity contribution in [3.8, 4) is 0 Å². The molecule has 1 aromatic carbocycles. The van der Waals surface area contributed by atoms with E-state index in [1.54, 1.807) is 0 Å². The molecule has 0 unspecified atom stereocenters. The number of nitrogens with one attached hydrogen (secondary N) is 2. The number of halogens is 1. The fourth-order valence-corrected chi connectivity index (χ4v) is 2.72. The molecular formula is C14H19ClN4. The van der Waals surface area contributed by atoms with E-state index in [2.05, 4.69) is 33.4 Å². The van der Waals surface area contributed by atoms with Gasteiger partial charge in [-0.2, -0.15) is 0 Å². The van der Waals surface area contributed by atoms with Crippen LogP contribution >= 0.6 is 11.6 Å². The van der Waals surface area contributed by atoms with E-state index in [1.807, 2.05) is 18.2 Å². The van der Waals surface area contributed by atoms with Crippen LogP contribution in [0.3, 0.4) is 0 Å². The van der Waals surface area contributed by atoms with Gasteiger partial charge in [-0.15, -0.1) is 0 Å². The predicted octanol–water partition coefficient (Wildman–Crippen LogP) is 2.07. The number of rotatable bonds is 3. The van der Waals surface area contributed by atoms with Crippen molar-refractivity contribution in [2.24, 2.45) is 0 Å². The van der Waals surface area contributed by atoms with Gasteiger partial charge in [-0.25, -0.2) is 10.4 Å². The summed E-state index contributed by atoms with van der Waals surface area (Å²) in [5.74, 6) is 0. The number of fused-ring (bicyclic) bond motifs is 1. The first-order valence-corrected chi connectivity index (χ1v) is 7.04. The second kappa shape index (κ2) is 5.51. The standard InChI is InChI=1S/C14H19ClN4/c1-18-6-8-19(9-7-18)16-10-13-14(15)11-4-2-3-5-12(11)17-13/h2-5,16-17H,6-10H2,1H3. The summed E-state index contributed by atoms with van der Waals surface area (Å²) in [6.07, 6.45) is 0. The summed E-state index contributed by atoms with van der Waals surface area (Å²) in [5.41, 5.74) is 5.61. The predicted molar refractivity (Wildman–Crippen MR) is 79.2 cm³/mol. The van der Waals surface area contributed by atoms with E-state index in [-0.39, 0.29) is 0 Å². The lowest BCUT2D eigenvalue weighted by Crippen LogP contribution is -2.50. The number of aromatic amines is 1. The van der Waals surface area contributed by atoms with Gasteiger partial charge < -0.3 is 9.88 Å². The molecule has 2 heterocycles. The Bertz CT molecular complexity index is 558. The lowest BCUT2D eigenvalue weighted by Gasteiger charge is -2.32. The van der Waals surface area contributed by atoms with E-state index in [1.165, 1.54) is 0 Å². The molecule has 2 aromatic rings. The number of H-pyrrole nitrogens is 1. The van der Waals surface area contributed by atoms with Crippen molar-refractivity contribution in [1.82, 2.24) is 20.3 Å². The molecule has 1 aromatic heterocycles. The minimum atomic E-state index is 0.747. The zero-order valence-corrected chi connectivity index (χ0v) is 11.9. The first kappa shape index (κ1) is 12.9. The molecule has 4 nitrogen and oxygen atoms in total. The Morgan fingerprint density at radius 1 is 1.21 bits per heavy atom. The largest absolute Gasteiger partial charge is 0.356 e. The van der Waals surface area contributed by atoms with Crippen molar-refractivity contribution in [2.75, 3.05) is 33.2 Å². The summed E-state index contributed by atoms with van der Waals surface area (Å²) in [6, 6.07) is 8.14. The Morgan fingerprint density at radius 2 is 1.95 bits per heavy atom. The molecule has 3 rings (SSSR count). The van der Waals surface area contributed by atoms with Crippen molar-refractivity contribution >= 4 is 22.5 Å². The van der Waals surface area contributed by atoms with E-state index in [4.69, 9.17) is 11.6 Å². The van der Waals surface area contributed by atoms with E-state index in [0.717, 1.165) is 54.3 Å². The summed E-state index contributed by atoms with van der Waals surface area (Å²) in [6.45, 7) is 5.06. The van der Waals surface area contributed by atoms with Gasteiger partial charge in [0.05, 0.1) is 17.3 Å². The summed E-state index contributed by atoms with van der Waals surface area (Å²) in [5, 5.41) is 4.19. The number of piperazine rings is 1. The lowest BCUT2D eigenvalue weighted by molar-refractivity contribution is 0.102. The van der Waals surface area contributed by atoms with Crippen LogP contribution in [-0.2, 0) is 6.54 Å². The van der Waals surface area contributed by atoms with E-state index in [9.17, 15) is 0 Å². The molecule has 0 bridgehead atoms. The number of aromatic nitrogens is 1. The molecule has 102 valence electrons. The van der Waals surface area contributed by atoms with Crippen LogP contribution in [-0.4, -0.2) is 48.1 Å². The average molecular weight is 279 g/mol. The molecule has 0 saturated carbocycles. The van der Waals surface area contributed by atoms with Crippen LogP contribution in [0, 0.1) is 0 Å². The maximum absolute atomic E-state index is 6.40. The zero-order chi connectivity index (χ0) is 13.2. The summed E-state index contributed by atoms with van der Waals surface area (Å²) in [7, 11) is 2.16. The average Bonchev–Trinajstić information content (AvgIpc) is 2.76. The molecule has 5 heteroatoms. The second-order valence-electron chi connectivity index (χ2n) is 5.09. The molecule has 0 aliphatic carbocycles. The molecule has 1 aliphatic heterocycles. The normalized spacial score (nSPS) is 18.2. The van der Waals surface area contributed by atoms with Crippen molar-refractivity contribution < 1.29 is 0 Å². The highest BCUT2D eigenvalue weighted by molar-refractivity contribution is 6.36. The highest BCUT2D eigenvalue weighted by atomic mass is 35.5. The third-order valence-corrected chi connectivity index (χ3v) is 4.13. The third kappa shape index (κ3) is 2.77. The minimum Gasteiger partial charge on any atom is -0.356 e. The van der Waals surface area contributed by atoms with Gasteiger partial charge in [-0.05, 0) is 13.1 Å². The van der Waals surface area contributed by atoms with Crippen LogP contribution in [0.5, 0.6) is 0 Å². The van der Waals surface area contributed by atoms with Gasteiger partial charge in [0.15, 0.2) is 0 Å². The van der Waals surface area contributed by atoms with Crippen LogP contribution in [0.1, 0.15) is 5.69 Å². The Kier molecular flexibility index (Phi) is 3.75. The highest BCUT2D eigenvalue weighted by Gasteiger charge is 2.14. The van der Waals surface area contributed by atoms with Gasteiger partial charge >= 0.3 is 0 Å². The Balaban J connectivity index is 1.67. The molecule has 0 radical (unpaired) electrons. The molecule has 2 N–H and O–H groups in total. The second-order valence-corrected chi connectivity index (χ2v) is 5.47. The molecule has 0 spiro atoms. The molecular weight excluding hydrogens is 260 g/mol. The van der Waals surface area contributed by atoms with Gasteiger partial charge in [-0.3, -0.25) is 0 Å². The highest BCUT2D eigenvalue weighted by Crippen LogP contribution is 2.26. The minimum absolute atomic E-state index is 0.747. The van der Waals surface area contributed by atoms with E-state index >= 15 is 0 Å². The SMILES string of the molecule is CN1CCN(NCc2[nH]c3ccccc3c2Cl)CC1. The number of para-hydroxylation sites is 1. The fraction of sp³-hybridized carbons (Fsp3) is 0.429. The molecule has 0 amide bonds. The maximum Gasteiger partial charge on any atom is 0.0705 e. The van der Waals surface area contributed by atoms with Crippen LogP contribution in [0.2, 0.25) is 5.02 Å². The molecule has 1 saturated heterocycles. The quantitative estimate of drug-likeness (QED) is 0.902.